The molecule has 0 spiro atoms. The van der Waals surface area contributed by atoms with E-state index in [0.29, 0.717) is 5.75 Å². The topological polar surface area (TPSA) is 33.1 Å². The molecule has 2 nitrogen and oxygen atoms in total. The van der Waals surface area contributed by atoms with Gasteiger partial charge in [-0.2, -0.15) is 0 Å². The molecule has 70 valence electrons. The third-order valence-electron chi connectivity index (χ3n) is 2.21. The fourth-order valence-electron chi connectivity index (χ4n) is 1.38. The van der Waals surface area contributed by atoms with Crippen molar-refractivity contribution in [3.63, 3.8) is 0 Å². The number of phenolic OH excluding ortho intramolecular Hbond substituents is 1. The van der Waals surface area contributed by atoms with Gasteiger partial charge in [-0.25, -0.2) is 0 Å². The van der Waals surface area contributed by atoms with Crippen LogP contribution in [0.2, 0.25) is 0 Å². The first-order valence-corrected chi connectivity index (χ1v) is 4.47. The number of pyridine rings is 1. The second-order valence-corrected chi connectivity index (χ2v) is 3.24. The van der Waals surface area contributed by atoms with Gasteiger partial charge in [-0.1, -0.05) is 6.07 Å². The molecule has 2 aromatic rings. The Labute approximate surface area is 82.9 Å². The summed E-state index contributed by atoms with van der Waals surface area (Å²) in [6, 6.07) is 9.48. The van der Waals surface area contributed by atoms with Crippen molar-refractivity contribution in [2.75, 3.05) is 0 Å². The van der Waals surface area contributed by atoms with Crippen molar-refractivity contribution < 1.29 is 5.11 Å². The van der Waals surface area contributed by atoms with Gasteiger partial charge in [0.15, 0.2) is 0 Å². The highest BCUT2D eigenvalue weighted by Crippen LogP contribution is 2.24. The minimum atomic E-state index is 0.336. The fraction of sp³-hybridized carbons (Fsp3) is 0.0833. The molecule has 2 rings (SSSR count). The zero-order valence-electron chi connectivity index (χ0n) is 7.94. The van der Waals surface area contributed by atoms with Crippen molar-refractivity contribution in [1.82, 2.24) is 4.98 Å². The Morgan fingerprint density at radius 3 is 2.36 bits per heavy atom. The molecule has 0 saturated heterocycles. The highest BCUT2D eigenvalue weighted by molar-refractivity contribution is 5.64. The van der Waals surface area contributed by atoms with E-state index in [2.05, 4.69) is 4.98 Å². The third-order valence-corrected chi connectivity index (χ3v) is 2.21. The van der Waals surface area contributed by atoms with Crippen LogP contribution in [0.25, 0.3) is 11.1 Å². The number of nitrogens with zero attached hydrogens (tertiary/aromatic N) is 1. The fourth-order valence-corrected chi connectivity index (χ4v) is 1.38. The van der Waals surface area contributed by atoms with Crippen molar-refractivity contribution in [3.8, 4) is 16.9 Å². The van der Waals surface area contributed by atoms with Crippen LogP contribution in [0.1, 0.15) is 5.56 Å². The summed E-state index contributed by atoms with van der Waals surface area (Å²) in [5.41, 5.74) is 3.10. The molecule has 0 fully saturated rings. The Kier molecular flexibility index (Phi) is 2.19. The van der Waals surface area contributed by atoms with Gasteiger partial charge in [0.25, 0.3) is 0 Å². The number of hydrogen-bond acceptors (Lipinski definition) is 2. The highest BCUT2D eigenvalue weighted by atomic mass is 16.3. The molecule has 0 saturated carbocycles. The summed E-state index contributed by atoms with van der Waals surface area (Å²) in [5, 5.41) is 9.38. The highest BCUT2D eigenvalue weighted by Gasteiger charge is 1.99. The number of hydrogen-bond donors (Lipinski definition) is 1. The van der Waals surface area contributed by atoms with Gasteiger partial charge >= 0.3 is 0 Å². The maximum atomic E-state index is 9.38. The molecule has 1 aromatic heterocycles. The molecule has 0 radical (unpaired) electrons. The third kappa shape index (κ3) is 1.59. The second-order valence-electron chi connectivity index (χ2n) is 3.24. The first-order valence-electron chi connectivity index (χ1n) is 4.47. The van der Waals surface area contributed by atoms with Crippen LogP contribution in [-0.4, -0.2) is 10.1 Å². The van der Waals surface area contributed by atoms with E-state index in [0.717, 1.165) is 16.7 Å². The van der Waals surface area contributed by atoms with Gasteiger partial charge in [0.1, 0.15) is 5.75 Å². The summed E-state index contributed by atoms with van der Waals surface area (Å²) >= 11 is 0. The van der Waals surface area contributed by atoms with Crippen molar-refractivity contribution >= 4 is 0 Å². The monoisotopic (exact) mass is 185 g/mol. The van der Waals surface area contributed by atoms with Crippen LogP contribution in [0.5, 0.6) is 5.75 Å². The lowest BCUT2D eigenvalue weighted by Crippen LogP contribution is -1.80. The Balaban J connectivity index is 2.48. The van der Waals surface area contributed by atoms with Gasteiger partial charge in [0, 0.05) is 12.4 Å². The molecule has 0 amide bonds. The van der Waals surface area contributed by atoms with Gasteiger partial charge in [0.05, 0.1) is 0 Å². The van der Waals surface area contributed by atoms with E-state index in [4.69, 9.17) is 0 Å². The predicted octanol–water partition coefficient (Wildman–Crippen LogP) is 2.76. The molecule has 2 heteroatoms. The summed E-state index contributed by atoms with van der Waals surface area (Å²) in [4.78, 5) is 3.96. The van der Waals surface area contributed by atoms with Crippen molar-refractivity contribution in [2.45, 2.75) is 6.92 Å². The van der Waals surface area contributed by atoms with Crippen molar-refractivity contribution in [2.24, 2.45) is 0 Å². The lowest BCUT2D eigenvalue weighted by Gasteiger charge is -2.03. The van der Waals surface area contributed by atoms with Crippen LogP contribution < -0.4 is 0 Å². The largest absolute Gasteiger partial charge is 0.508 e. The quantitative estimate of drug-likeness (QED) is 0.741. The summed E-state index contributed by atoms with van der Waals surface area (Å²) in [7, 11) is 0. The number of aryl methyl sites for hydroxylation is 1. The molecule has 1 aromatic carbocycles. The van der Waals surface area contributed by atoms with E-state index < -0.39 is 0 Å². The molecule has 0 aliphatic rings. The molecule has 0 unspecified atom stereocenters. The maximum absolute atomic E-state index is 9.38. The molecule has 0 aliphatic carbocycles. The number of aromatic hydroxyl groups is 1. The average molecular weight is 185 g/mol. The van der Waals surface area contributed by atoms with Gasteiger partial charge < -0.3 is 5.11 Å². The van der Waals surface area contributed by atoms with Crippen molar-refractivity contribution in [3.05, 3.63) is 48.3 Å². The minimum Gasteiger partial charge on any atom is -0.508 e. The van der Waals surface area contributed by atoms with E-state index in [1.807, 2.05) is 31.2 Å². The number of rotatable bonds is 1. The van der Waals surface area contributed by atoms with E-state index in [-0.39, 0.29) is 0 Å². The van der Waals surface area contributed by atoms with Gasteiger partial charge in [-0.05, 0) is 47.9 Å². The van der Waals surface area contributed by atoms with Crippen LogP contribution >= 0.6 is 0 Å². The van der Waals surface area contributed by atoms with Gasteiger partial charge in [0.2, 0.25) is 0 Å². The second kappa shape index (κ2) is 3.50. The van der Waals surface area contributed by atoms with E-state index in [1.54, 1.807) is 18.5 Å². The van der Waals surface area contributed by atoms with Crippen LogP contribution in [-0.2, 0) is 0 Å². The lowest BCUT2D eigenvalue weighted by molar-refractivity contribution is 0.471. The molecular formula is C12H11NO. The Hall–Kier alpha value is -1.83. The first-order chi connectivity index (χ1) is 6.77. The van der Waals surface area contributed by atoms with E-state index in [1.165, 1.54) is 0 Å². The summed E-state index contributed by atoms with van der Waals surface area (Å²) < 4.78 is 0. The Morgan fingerprint density at radius 1 is 1.00 bits per heavy atom. The maximum Gasteiger partial charge on any atom is 0.118 e. The summed E-state index contributed by atoms with van der Waals surface area (Å²) in [5.74, 6) is 0.336. The Bertz CT molecular complexity index is 437. The standard InChI is InChI=1S/C12H11NO/c1-9-8-11(2-3-12(9)14)10-4-6-13-7-5-10/h2-8,14H,1H3. The van der Waals surface area contributed by atoms with Crippen molar-refractivity contribution in [1.29, 1.82) is 0 Å². The van der Waals surface area contributed by atoms with Gasteiger partial charge in [-0.15, -0.1) is 0 Å². The predicted molar refractivity (Wildman–Crippen MR) is 56.1 cm³/mol. The summed E-state index contributed by atoms with van der Waals surface area (Å²) in [6.07, 6.45) is 3.52. The number of benzene rings is 1. The molecule has 0 bridgehead atoms. The van der Waals surface area contributed by atoms with Crippen LogP contribution in [0.4, 0.5) is 0 Å². The molecular weight excluding hydrogens is 174 g/mol. The Morgan fingerprint density at radius 2 is 1.71 bits per heavy atom. The molecule has 14 heavy (non-hydrogen) atoms. The summed E-state index contributed by atoms with van der Waals surface area (Å²) in [6.45, 7) is 1.89. The zero-order valence-corrected chi connectivity index (χ0v) is 7.94. The lowest BCUT2D eigenvalue weighted by atomic mass is 10.0. The average Bonchev–Trinajstić information content (AvgIpc) is 2.23. The van der Waals surface area contributed by atoms with Gasteiger partial charge in [-0.3, -0.25) is 4.98 Å². The van der Waals surface area contributed by atoms with E-state index >= 15 is 0 Å². The molecule has 1 N–H and O–H groups in total. The van der Waals surface area contributed by atoms with E-state index in [9.17, 15) is 5.11 Å². The minimum absolute atomic E-state index is 0.336. The van der Waals surface area contributed by atoms with Crippen LogP contribution in [0.3, 0.4) is 0 Å². The zero-order chi connectivity index (χ0) is 9.97. The molecule has 0 aliphatic heterocycles. The smallest absolute Gasteiger partial charge is 0.118 e. The molecule has 0 atom stereocenters. The van der Waals surface area contributed by atoms with Crippen LogP contribution in [0.15, 0.2) is 42.7 Å². The number of phenols is 1. The normalized spacial score (nSPS) is 10.1. The number of aromatic nitrogens is 1. The SMILES string of the molecule is Cc1cc(-c2ccncc2)ccc1O. The molecule has 1 heterocycles. The first kappa shape index (κ1) is 8.75. The van der Waals surface area contributed by atoms with Crippen LogP contribution in [0, 0.1) is 6.92 Å².